The normalized spacial score (nSPS) is 11.8. The van der Waals surface area contributed by atoms with Crippen LogP contribution in [-0.2, 0) is 9.53 Å². The first-order chi connectivity index (χ1) is 8.06. The first kappa shape index (κ1) is 13.5. The summed E-state index contributed by atoms with van der Waals surface area (Å²) in [6, 6.07) is 7.26. The van der Waals surface area contributed by atoms with E-state index in [1.165, 1.54) is 0 Å². The molecule has 0 saturated heterocycles. The van der Waals surface area contributed by atoms with Crippen molar-refractivity contribution >= 4 is 12.0 Å². The molecule has 1 atom stereocenters. The highest BCUT2D eigenvalue weighted by molar-refractivity contribution is 5.78. The highest BCUT2D eigenvalue weighted by atomic mass is 16.5. The van der Waals surface area contributed by atoms with Gasteiger partial charge in [0.15, 0.2) is 6.10 Å². The van der Waals surface area contributed by atoms with Crippen LogP contribution < -0.4 is 0 Å². The Kier molecular flexibility index (Phi) is 4.91. The number of carbonyl (C=O) groups is 1. The van der Waals surface area contributed by atoms with Crippen LogP contribution in [0.2, 0.25) is 0 Å². The Morgan fingerprint density at radius 2 is 2.06 bits per heavy atom. The van der Waals surface area contributed by atoms with Gasteiger partial charge in [0.05, 0.1) is 6.61 Å². The Morgan fingerprint density at radius 3 is 2.65 bits per heavy atom. The third kappa shape index (κ3) is 3.71. The second-order valence-corrected chi connectivity index (χ2v) is 4.01. The van der Waals surface area contributed by atoms with E-state index in [0.717, 1.165) is 11.1 Å². The highest BCUT2D eigenvalue weighted by Crippen LogP contribution is 2.21. The lowest BCUT2D eigenvalue weighted by atomic mass is 10.0. The fourth-order valence-corrected chi connectivity index (χ4v) is 1.55. The second kappa shape index (κ2) is 6.21. The predicted octanol–water partition coefficient (Wildman–Crippen LogP) is 2.71. The van der Waals surface area contributed by atoms with Crippen molar-refractivity contribution in [2.45, 2.75) is 26.9 Å². The van der Waals surface area contributed by atoms with Gasteiger partial charge >= 0.3 is 5.97 Å². The van der Waals surface area contributed by atoms with Crippen molar-refractivity contribution in [2.24, 2.45) is 0 Å². The average molecular weight is 234 g/mol. The second-order valence-electron chi connectivity index (χ2n) is 4.01. The lowest BCUT2D eigenvalue weighted by molar-refractivity contribution is -0.153. The van der Waals surface area contributed by atoms with E-state index in [2.05, 4.69) is 0 Å². The topological polar surface area (TPSA) is 46.5 Å². The molecule has 1 N–H and O–H groups in total. The Labute approximate surface area is 102 Å². The minimum absolute atomic E-state index is 0.265. The van der Waals surface area contributed by atoms with Crippen LogP contribution in [0.15, 0.2) is 29.8 Å². The fraction of sp³-hybridized carbons (Fsp3) is 0.357. The van der Waals surface area contributed by atoms with Crippen molar-refractivity contribution in [3.8, 4) is 0 Å². The van der Waals surface area contributed by atoms with E-state index in [0.29, 0.717) is 5.56 Å². The van der Waals surface area contributed by atoms with Crippen molar-refractivity contribution in [3.05, 3.63) is 41.0 Å². The van der Waals surface area contributed by atoms with Gasteiger partial charge in [-0.05, 0) is 31.9 Å². The maximum Gasteiger partial charge on any atom is 0.339 e. The van der Waals surface area contributed by atoms with Crippen LogP contribution in [0.5, 0.6) is 0 Å². The summed E-state index contributed by atoms with van der Waals surface area (Å²) in [6.07, 6.45) is 0.708. The number of aliphatic hydroxyl groups excluding tert-OH is 1. The molecule has 0 heterocycles. The molecular formula is C14H18O3. The molecular weight excluding hydrogens is 216 g/mol. The van der Waals surface area contributed by atoms with Crippen molar-refractivity contribution in [3.63, 3.8) is 0 Å². The first-order valence-corrected chi connectivity index (χ1v) is 5.64. The fourth-order valence-electron chi connectivity index (χ4n) is 1.55. The molecule has 0 amide bonds. The zero-order valence-corrected chi connectivity index (χ0v) is 10.4. The predicted molar refractivity (Wildman–Crippen MR) is 67.4 cm³/mol. The number of hydrogen-bond donors (Lipinski definition) is 1. The molecule has 0 saturated carbocycles. The molecule has 3 nitrogen and oxygen atoms in total. The number of rotatable bonds is 4. The summed E-state index contributed by atoms with van der Waals surface area (Å²) in [5, 5.41) is 9.91. The van der Waals surface area contributed by atoms with Crippen LogP contribution in [-0.4, -0.2) is 17.7 Å². The standard InChI is InChI=1S/C14H18O3/c1-4-17-14(16)13(15)12-8-6-5-7-11(12)9-10(2)3/h5-9,13,15H,4H2,1-3H3. The number of hydrogen-bond acceptors (Lipinski definition) is 3. The van der Waals surface area contributed by atoms with E-state index >= 15 is 0 Å². The molecule has 0 aliphatic carbocycles. The van der Waals surface area contributed by atoms with Crippen molar-refractivity contribution in [1.82, 2.24) is 0 Å². The van der Waals surface area contributed by atoms with E-state index in [1.54, 1.807) is 19.1 Å². The molecule has 0 bridgehead atoms. The third-order valence-corrected chi connectivity index (χ3v) is 2.24. The lowest BCUT2D eigenvalue weighted by Gasteiger charge is -2.12. The number of ether oxygens (including phenoxy) is 1. The summed E-state index contributed by atoms with van der Waals surface area (Å²) < 4.78 is 4.81. The molecule has 0 aromatic heterocycles. The van der Waals surface area contributed by atoms with Crippen molar-refractivity contribution < 1.29 is 14.6 Å². The van der Waals surface area contributed by atoms with Crippen LogP contribution in [0, 0.1) is 0 Å². The maximum atomic E-state index is 11.5. The minimum atomic E-state index is -1.22. The molecule has 1 unspecified atom stereocenters. The van der Waals surface area contributed by atoms with Crippen LogP contribution >= 0.6 is 0 Å². The molecule has 1 aromatic rings. The van der Waals surface area contributed by atoms with E-state index in [4.69, 9.17) is 4.74 Å². The molecule has 92 valence electrons. The average Bonchev–Trinajstić information content (AvgIpc) is 2.28. The van der Waals surface area contributed by atoms with E-state index in [9.17, 15) is 9.90 Å². The Morgan fingerprint density at radius 1 is 1.41 bits per heavy atom. The number of esters is 1. The number of allylic oxidation sites excluding steroid dienone is 1. The number of benzene rings is 1. The van der Waals surface area contributed by atoms with Crippen molar-refractivity contribution in [1.29, 1.82) is 0 Å². The lowest BCUT2D eigenvalue weighted by Crippen LogP contribution is -2.16. The van der Waals surface area contributed by atoms with Gasteiger partial charge in [-0.2, -0.15) is 0 Å². The Balaban J connectivity index is 3.04. The SMILES string of the molecule is CCOC(=O)C(O)c1ccccc1C=C(C)C. The van der Waals surface area contributed by atoms with Gasteiger partial charge in [0.1, 0.15) is 0 Å². The summed E-state index contributed by atoms with van der Waals surface area (Å²) in [6.45, 7) is 5.91. The smallest absolute Gasteiger partial charge is 0.339 e. The third-order valence-electron chi connectivity index (χ3n) is 2.24. The van der Waals surface area contributed by atoms with Crippen LogP contribution in [0.25, 0.3) is 6.08 Å². The molecule has 17 heavy (non-hydrogen) atoms. The molecule has 1 aromatic carbocycles. The number of carbonyl (C=O) groups excluding carboxylic acids is 1. The van der Waals surface area contributed by atoms with E-state index in [1.807, 2.05) is 32.1 Å². The monoisotopic (exact) mass is 234 g/mol. The van der Waals surface area contributed by atoms with Gasteiger partial charge in [0, 0.05) is 0 Å². The molecule has 0 fully saturated rings. The summed E-state index contributed by atoms with van der Waals surface area (Å²) >= 11 is 0. The molecule has 3 heteroatoms. The van der Waals surface area contributed by atoms with E-state index in [-0.39, 0.29) is 6.61 Å². The molecule has 0 aliphatic heterocycles. The van der Waals surface area contributed by atoms with Gasteiger partial charge in [0.2, 0.25) is 0 Å². The van der Waals surface area contributed by atoms with Crippen LogP contribution in [0.1, 0.15) is 38.0 Å². The first-order valence-electron chi connectivity index (χ1n) is 5.64. The van der Waals surface area contributed by atoms with Gasteiger partial charge < -0.3 is 9.84 Å². The molecule has 1 rings (SSSR count). The Bertz CT molecular complexity index is 417. The van der Waals surface area contributed by atoms with Gasteiger partial charge in [0.25, 0.3) is 0 Å². The summed E-state index contributed by atoms with van der Waals surface area (Å²) in [5.41, 5.74) is 2.52. The minimum Gasteiger partial charge on any atom is -0.464 e. The van der Waals surface area contributed by atoms with Crippen LogP contribution in [0.3, 0.4) is 0 Å². The Hall–Kier alpha value is -1.61. The maximum absolute atomic E-state index is 11.5. The van der Waals surface area contributed by atoms with Gasteiger partial charge in [-0.15, -0.1) is 0 Å². The summed E-state index contributed by atoms with van der Waals surface area (Å²) in [7, 11) is 0. The van der Waals surface area contributed by atoms with Gasteiger partial charge in [-0.25, -0.2) is 4.79 Å². The zero-order valence-electron chi connectivity index (χ0n) is 10.4. The largest absolute Gasteiger partial charge is 0.464 e. The van der Waals surface area contributed by atoms with Crippen molar-refractivity contribution in [2.75, 3.05) is 6.61 Å². The summed E-state index contributed by atoms with van der Waals surface area (Å²) in [5.74, 6) is -0.609. The van der Waals surface area contributed by atoms with Crippen LogP contribution in [0.4, 0.5) is 0 Å². The van der Waals surface area contributed by atoms with Gasteiger partial charge in [-0.1, -0.05) is 35.9 Å². The highest BCUT2D eigenvalue weighted by Gasteiger charge is 2.20. The van der Waals surface area contributed by atoms with Gasteiger partial charge in [-0.3, -0.25) is 0 Å². The molecule has 0 radical (unpaired) electrons. The molecule has 0 spiro atoms. The quantitative estimate of drug-likeness (QED) is 0.815. The van der Waals surface area contributed by atoms with E-state index < -0.39 is 12.1 Å². The molecule has 0 aliphatic rings. The summed E-state index contributed by atoms with van der Waals surface area (Å²) in [4.78, 5) is 11.5. The number of aliphatic hydroxyl groups is 1. The zero-order chi connectivity index (χ0) is 12.8.